The second kappa shape index (κ2) is 7.05. The van der Waals surface area contributed by atoms with Crippen molar-refractivity contribution >= 4 is 22.9 Å². The van der Waals surface area contributed by atoms with Crippen molar-refractivity contribution in [3.63, 3.8) is 0 Å². The summed E-state index contributed by atoms with van der Waals surface area (Å²) in [5.41, 5.74) is 1.00. The van der Waals surface area contributed by atoms with Crippen molar-refractivity contribution in [2.45, 2.75) is 19.5 Å². The van der Waals surface area contributed by atoms with Crippen LogP contribution in [0, 0.1) is 0 Å². The summed E-state index contributed by atoms with van der Waals surface area (Å²) in [6.07, 6.45) is 1.70. The fourth-order valence-corrected chi connectivity index (χ4v) is 3.06. The van der Waals surface area contributed by atoms with E-state index < -0.39 is 0 Å². The number of ether oxygens (including phenoxy) is 1. The van der Waals surface area contributed by atoms with Crippen LogP contribution < -0.4 is 5.32 Å². The summed E-state index contributed by atoms with van der Waals surface area (Å²) in [6, 6.07) is 4.24. The molecule has 0 fully saturated rings. The van der Waals surface area contributed by atoms with Crippen LogP contribution in [-0.4, -0.2) is 30.0 Å². The van der Waals surface area contributed by atoms with E-state index in [0.29, 0.717) is 18.2 Å². The highest BCUT2D eigenvalue weighted by Gasteiger charge is 2.22. The molecule has 104 valence electrons. The van der Waals surface area contributed by atoms with Crippen LogP contribution in [0.3, 0.4) is 0 Å². The zero-order valence-corrected chi connectivity index (χ0v) is 12.7. The van der Waals surface area contributed by atoms with Crippen LogP contribution in [0.5, 0.6) is 0 Å². The summed E-state index contributed by atoms with van der Waals surface area (Å²) in [6.45, 7) is 4.28. The fourth-order valence-electron chi connectivity index (χ4n) is 2.01. The molecule has 19 heavy (non-hydrogen) atoms. The molecular weight excluding hydrogens is 282 g/mol. The molecule has 4 nitrogen and oxygen atoms in total. The van der Waals surface area contributed by atoms with E-state index in [-0.39, 0.29) is 6.04 Å². The van der Waals surface area contributed by atoms with Gasteiger partial charge in [0, 0.05) is 12.0 Å². The molecule has 2 aromatic heterocycles. The van der Waals surface area contributed by atoms with Gasteiger partial charge in [0.15, 0.2) is 0 Å². The molecule has 1 unspecified atom stereocenters. The number of thiophene rings is 1. The molecule has 0 aliphatic heterocycles. The van der Waals surface area contributed by atoms with Crippen molar-refractivity contribution in [1.82, 2.24) is 15.1 Å². The summed E-state index contributed by atoms with van der Waals surface area (Å²) in [4.78, 5) is 1.24. The smallest absolute Gasteiger partial charge is 0.0857 e. The van der Waals surface area contributed by atoms with Gasteiger partial charge in [-0.1, -0.05) is 24.6 Å². The van der Waals surface area contributed by atoms with Crippen molar-refractivity contribution < 1.29 is 4.74 Å². The molecule has 0 amide bonds. The van der Waals surface area contributed by atoms with Gasteiger partial charge in [0.1, 0.15) is 0 Å². The summed E-state index contributed by atoms with van der Waals surface area (Å²) in [7, 11) is 1.69. The Morgan fingerprint density at radius 3 is 3.05 bits per heavy atom. The Kier molecular flexibility index (Phi) is 5.39. The molecule has 0 saturated carbocycles. The SMILES string of the molecule is CCNC(c1cccs1)c1c(Cl)cnn1CCOC. The van der Waals surface area contributed by atoms with Gasteiger partial charge in [-0.2, -0.15) is 5.10 Å². The van der Waals surface area contributed by atoms with Gasteiger partial charge in [-0.05, 0) is 18.0 Å². The Balaban J connectivity index is 2.33. The van der Waals surface area contributed by atoms with Crippen LogP contribution in [0.4, 0.5) is 0 Å². The van der Waals surface area contributed by atoms with Crippen LogP contribution in [0.15, 0.2) is 23.7 Å². The van der Waals surface area contributed by atoms with Gasteiger partial charge in [-0.3, -0.25) is 4.68 Å². The second-order valence-electron chi connectivity index (χ2n) is 4.10. The van der Waals surface area contributed by atoms with E-state index in [4.69, 9.17) is 16.3 Å². The van der Waals surface area contributed by atoms with Gasteiger partial charge in [-0.25, -0.2) is 0 Å². The summed E-state index contributed by atoms with van der Waals surface area (Å²) in [5, 5.41) is 10.6. The number of rotatable bonds is 7. The van der Waals surface area contributed by atoms with Gasteiger partial charge in [0.05, 0.1) is 36.1 Å². The van der Waals surface area contributed by atoms with Crippen molar-refractivity contribution in [3.8, 4) is 0 Å². The fraction of sp³-hybridized carbons (Fsp3) is 0.462. The maximum Gasteiger partial charge on any atom is 0.0857 e. The Hall–Kier alpha value is -0.880. The second-order valence-corrected chi connectivity index (χ2v) is 5.49. The molecule has 6 heteroatoms. The number of hydrogen-bond donors (Lipinski definition) is 1. The number of hydrogen-bond acceptors (Lipinski definition) is 4. The predicted molar refractivity (Wildman–Crippen MR) is 79.0 cm³/mol. The lowest BCUT2D eigenvalue weighted by atomic mass is 10.1. The number of nitrogens with zero attached hydrogens (tertiary/aromatic N) is 2. The highest BCUT2D eigenvalue weighted by atomic mass is 35.5. The van der Waals surface area contributed by atoms with Gasteiger partial charge in [0.2, 0.25) is 0 Å². The third kappa shape index (κ3) is 3.36. The average Bonchev–Trinajstić information content (AvgIpc) is 3.04. The summed E-state index contributed by atoms with van der Waals surface area (Å²) < 4.78 is 7.03. The zero-order valence-electron chi connectivity index (χ0n) is 11.1. The first-order chi connectivity index (χ1) is 9.27. The molecule has 0 aliphatic carbocycles. The molecular formula is C13H18ClN3OS. The first-order valence-electron chi connectivity index (χ1n) is 6.24. The Morgan fingerprint density at radius 2 is 2.42 bits per heavy atom. The molecule has 1 atom stereocenters. The van der Waals surface area contributed by atoms with Crippen molar-refractivity contribution in [3.05, 3.63) is 39.3 Å². The van der Waals surface area contributed by atoms with Gasteiger partial charge in [-0.15, -0.1) is 11.3 Å². The minimum Gasteiger partial charge on any atom is -0.383 e. The lowest BCUT2D eigenvalue weighted by molar-refractivity contribution is 0.182. The third-order valence-electron chi connectivity index (χ3n) is 2.85. The van der Waals surface area contributed by atoms with Crippen LogP contribution in [0.1, 0.15) is 23.5 Å². The maximum absolute atomic E-state index is 6.31. The molecule has 2 rings (SSSR count). The topological polar surface area (TPSA) is 39.1 Å². The Labute approximate surface area is 122 Å². The monoisotopic (exact) mass is 299 g/mol. The van der Waals surface area contributed by atoms with Crippen LogP contribution in [0.25, 0.3) is 0 Å². The number of aromatic nitrogens is 2. The minimum atomic E-state index is 0.0804. The highest BCUT2D eigenvalue weighted by Crippen LogP contribution is 2.30. The molecule has 2 heterocycles. The number of methoxy groups -OCH3 is 1. The van der Waals surface area contributed by atoms with E-state index in [1.54, 1.807) is 24.6 Å². The molecule has 0 saturated heterocycles. The van der Waals surface area contributed by atoms with E-state index in [1.807, 2.05) is 10.7 Å². The summed E-state index contributed by atoms with van der Waals surface area (Å²) >= 11 is 8.03. The first-order valence-corrected chi connectivity index (χ1v) is 7.50. The highest BCUT2D eigenvalue weighted by molar-refractivity contribution is 7.10. The molecule has 2 aromatic rings. The van der Waals surface area contributed by atoms with Gasteiger partial charge >= 0.3 is 0 Å². The summed E-state index contributed by atoms with van der Waals surface area (Å²) in [5.74, 6) is 0. The number of nitrogens with one attached hydrogen (secondary N) is 1. The van der Waals surface area contributed by atoms with Crippen LogP contribution in [0.2, 0.25) is 5.02 Å². The molecule has 1 N–H and O–H groups in total. The Bertz CT molecular complexity index is 498. The van der Waals surface area contributed by atoms with Crippen molar-refractivity contribution in [1.29, 1.82) is 0 Å². The predicted octanol–water partition coefficient (Wildman–Crippen LogP) is 2.94. The normalized spacial score (nSPS) is 12.8. The number of halogens is 1. The molecule has 0 bridgehead atoms. The van der Waals surface area contributed by atoms with E-state index in [9.17, 15) is 0 Å². The molecule has 0 aliphatic rings. The van der Waals surface area contributed by atoms with Crippen molar-refractivity contribution in [2.75, 3.05) is 20.3 Å². The molecule has 0 spiro atoms. The minimum absolute atomic E-state index is 0.0804. The van der Waals surface area contributed by atoms with E-state index in [0.717, 1.165) is 12.2 Å². The standard InChI is InChI=1S/C13H18ClN3OS/c1-3-15-12(11-5-4-8-19-11)13-10(14)9-16-17(13)6-7-18-2/h4-5,8-9,12,15H,3,6-7H2,1-2H3. The van der Waals surface area contributed by atoms with Gasteiger partial charge < -0.3 is 10.1 Å². The maximum atomic E-state index is 6.31. The zero-order chi connectivity index (χ0) is 13.7. The Morgan fingerprint density at radius 1 is 1.58 bits per heavy atom. The third-order valence-corrected chi connectivity index (χ3v) is 4.08. The van der Waals surface area contributed by atoms with Gasteiger partial charge in [0.25, 0.3) is 0 Å². The first kappa shape index (κ1) is 14.5. The molecule has 0 aromatic carbocycles. The van der Waals surface area contributed by atoms with E-state index >= 15 is 0 Å². The largest absolute Gasteiger partial charge is 0.383 e. The lowest BCUT2D eigenvalue weighted by Gasteiger charge is -2.19. The quantitative estimate of drug-likeness (QED) is 0.854. The molecule has 0 radical (unpaired) electrons. The van der Waals surface area contributed by atoms with Crippen LogP contribution in [-0.2, 0) is 11.3 Å². The van der Waals surface area contributed by atoms with Crippen LogP contribution >= 0.6 is 22.9 Å². The van der Waals surface area contributed by atoms with E-state index in [2.05, 4.69) is 28.8 Å². The average molecular weight is 300 g/mol. The van der Waals surface area contributed by atoms with Crippen molar-refractivity contribution in [2.24, 2.45) is 0 Å². The lowest BCUT2D eigenvalue weighted by Crippen LogP contribution is -2.25. The van der Waals surface area contributed by atoms with E-state index in [1.165, 1.54) is 4.88 Å².